The Morgan fingerprint density at radius 3 is 3.00 bits per heavy atom. The lowest BCUT2D eigenvalue weighted by molar-refractivity contribution is 0.0957. The molecule has 1 aliphatic heterocycles. The van der Waals surface area contributed by atoms with Crippen LogP contribution in [0, 0.1) is 0 Å². The molecule has 104 valence electrons. The summed E-state index contributed by atoms with van der Waals surface area (Å²) >= 11 is 0. The van der Waals surface area contributed by atoms with Crippen LogP contribution in [0.25, 0.3) is 0 Å². The molecule has 4 nitrogen and oxygen atoms in total. The Morgan fingerprint density at radius 2 is 2.26 bits per heavy atom. The van der Waals surface area contributed by atoms with Crippen molar-refractivity contribution in [3.05, 3.63) is 29.3 Å². The molecule has 0 bridgehead atoms. The summed E-state index contributed by atoms with van der Waals surface area (Å²) in [6.07, 6.45) is 2.10. The molecule has 1 atom stereocenters. The molecule has 1 aromatic rings. The van der Waals surface area contributed by atoms with E-state index in [9.17, 15) is 4.79 Å². The lowest BCUT2D eigenvalue weighted by atomic mass is 10.0. The zero-order valence-electron chi connectivity index (χ0n) is 11.7. The third kappa shape index (κ3) is 3.26. The van der Waals surface area contributed by atoms with Crippen LogP contribution in [0.1, 0.15) is 48.7 Å². The van der Waals surface area contributed by atoms with Gasteiger partial charge in [-0.1, -0.05) is 19.9 Å². The Kier molecular flexibility index (Phi) is 4.80. The first-order valence-electron chi connectivity index (χ1n) is 7.04. The monoisotopic (exact) mass is 262 g/mol. The van der Waals surface area contributed by atoms with Gasteiger partial charge in [-0.25, -0.2) is 0 Å². The summed E-state index contributed by atoms with van der Waals surface area (Å²) in [7, 11) is 0. The van der Waals surface area contributed by atoms with Crippen molar-refractivity contribution in [1.82, 2.24) is 10.6 Å². The Morgan fingerprint density at radius 1 is 1.42 bits per heavy atom. The van der Waals surface area contributed by atoms with Crippen LogP contribution >= 0.6 is 0 Å². The molecule has 0 saturated carbocycles. The maximum absolute atomic E-state index is 12.0. The van der Waals surface area contributed by atoms with Gasteiger partial charge in [-0.2, -0.15) is 0 Å². The lowest BCUT2D eigenvalue weighted by Gasteiger charge is -2.18. The third-order valence-electron chi connectivity index (χ3n) is 3.34. The van der Waals surface area contributed by atoms with Gasteiger partial charge in [0, 0.05) is 6.04 Å². The molecule has 0 radical (unpaired) electrons. The normalized spacial score (nSPS) is 16.0. The number of benzene rings is 1. The van der Waals surface area contributed by atoms with E-state index in [0.29, 0.717) is 30.5 Å². The molecule has 1 amide bonds. The van der Waals surface area contributed by atoms with Crippen LogP contribution in [0.3, 0.4) is 0 Å². The SMILES string of the molecule is CCCNC(CC)c1ccc2c(c1)C(=O)NCCO2. The van der Waals surface area contributed by atoms with Crippen LogP contribution in [0.5, 0.6) is 5.75 Å². The predicted molar refractivity (Wildman–Crippen MR) is 75.6 cm³/mol. The van der Waals surface area contributed by atoms with Crippen LogP contribution < -0.4 is 15.4 Å². The number of amides is 1. The van der Waals surface area contributed by atoms with Crippen LogP contribution in [0.15, 0.2) is 18.2 Å². The van der Waals surface area contributed by atoms with Crippen molar-refractivity contribution in [2.45, 2.75) is 32.7 Å². The summed E-state index contributed by atoms with van der Waals surface area (Å²) in [5.41, 5.74) is 1.79. The lowest BCUT2D eigenvalue weighted by Crippen LogP contribution is -2.25. The molecule has 1 aliphatic rings. The minimum Gasteiger partial charge on any atom is -0.491 e. The minimum absolute atomic E-state index is 0.0419. The van der Waals surface area contributed by atoms with Crippen molar-refractivity contribution >= 4 is 5.91 Å². The van der Waals surface area contributed by atoms with E-state index in [-0.39, 0.29) is 5.91 Å². The molecule has 1 aromatic carbocycles. The Hall–Kier alpha value is -1.55. The predicted octanol–water partition coefficient (Wildman–Crippen LogP) is 2.26. The number of hydrogen-bond donors (Lipinski definition) is 2. The number of rotatable bonds is 5. The Balaban J connectivity index is 2.25. The Bertz CT molecular complexity index is 446. The van der Waals surface area contributed by atoms with Gasteiger partial charge in [0.25, 0.3) is 5.91 Å². The highest BCUT2D eigenvalue weighted by Crippen LogP contribution is 2.26. The molecule has 19 heavy (non-hydrogen) atoms. The molecular weight excluding hydrogens is 240 g/mol. The van der Waals surface area contributed by atoms with E-state index in [4.69, 9.17) is 4.74 Å². The van der Waals surface area contributed by atoms with E-state index >= 15 is 0 Å². The first-order chi connectivity index (χ1) is 9.26. The molecule has 0 fully saturated rings. The minimum atomic E-state index is -0.0419. The number of carbonyl (C=O) groups excluding carboxylic acids is 1. The van der Waals surface area contributed by atoms with Gasteiger partial charge in [-0.3, -0.25) is 4.79 Å². The maximum Gasteiger partial charge on any atom is 0.255 e. The third-order valence-corrected chi connectivity index (χ3v) is 3.34. The quantitative estimate of drug-likeness (QED) is 0.855. The number of ether oxygens (including phenoxy) is 1. The number of nitrogens with one attached hydrogen (secondary N) is 2. The van der Waals surface area contributed by atoms with E-state index in [1.54, 1.807) is 0 Å². The highest BCUT2D eigenvalue weighted by atomic mass is 16.5. The van der Waals surface area contributed by atoms with Gasteiger partial charge in [0.05, 0.1) is 12.1 Å². The standard InChI is InChI=1S/C15H22N2O2/c1-3-7-16-13(4-2)11-5-6-14-12(10-11)15(18)17-8-9-19-14/h5-6,10,13,16H,3-4,7-9H2,1-2H3,(H,17,18). The zero-order valence-corrected chi connectivity index (χ0v) is 11.7. The average Bonchev–Trinajstić information content (AvgIpc) is 2.62. The molecular formula is C15H22N2O2. The van der Waals surface area contributed by atoms with Gasteiger partial charge in [0.1, 0.15) is 12.4 Å². The average molecular weight is 262 g/mol. The van der Waals surface area contributed by atoms with Crippen molar-refractivity contribution in [2.24, 2.45) is 0 Å². The summed E-state index contributed by atoms with van der Waals surface area (Å²) in [4.78, 5) is 12.0. The fourth-order valence-corrected chi connectivity index (χ4v) is 2.30. The molecule has 0 aromatic heterocycles. The molecule has 2 rings (SSSR count). The summed E-state index contributed by atoms with van der Waals surface area (Å²) in [6, 6.07) is 6.20. The van der Waals surface area contributed by atoms with E-state index in [0.717, 1.165) is 24.9 Å². The maximum atomic E-state index is 12.0. The highest BCUT2D eigenvalue weighted by molar-refractivity contribution is 5.97. The number of carbonyl (C=O) groups is 1. The first kappa shape index (κ1) is 13.9. The second kappa shape index (κ2) is 6.57. The molecule has 2 N–H and O–H groups in total. The van der Waals surface area contributed by atoms with Crippen LogP contribution in [0.4, 0.5) is 0 Å². The van der Waals surface area contributed by atoms with Crippen molar-refractivity contribution in [1.29, 1.82) is 0 Å². The van der Waals surface area contributed by atoms with Gasteiger partial charge < -0.3 is 15.4 Å². The summed E-state index contributed by atoms with van der Waals surface area (Å²) in [5, 5.41) is 6.34. The Labute approximate surface area is 114 Å². The van der Waals surface area contributed by atoms with Crippen LogP contribution in [-0.2, 0) is 0 Å². The van der Waals surface area contributed by atoms with Crippen LogP contribution in [-0.4, -0.2) is 25.6 Å². The van der Waals surface area contributed by atoms with Crippen molar-refractivity contribution in [3.8, 4) is 5.75 Å². The molecule has 0 aliphatic carbocycles. The van der Waals surface area contributed by atoms with Gasteiger partial charge in [-0.15, -0.1) is 0 Å². The van der Waals surface area contributed by atoms with Gasteiger partial charge >= 0.3 is 0 Å². The fraction of sp³-hybridized carbons (Fsp3) is 0.533. The van der Waals surface area contributed by atoms with E-state index in [2.05, 4.69) is 24.5 Å². The van der Waals surface area contributed by atoms with Crippen LogP contribution in [0.2, 0.25) is 0 Å². The fourth-order valence-electron chi connectivity index (χ4n) is 2.30. The molecule has 1 heterocycles. The largest absolute Gasteiger partial charge is 0.491 e. The second-order valence-electron chi connectivity index (χ2n) is 4.77. The van der Waals surface area contributed by atoms with Gasteiger partial charge in [-0.05, 0) is 37.1 Å². The van der Waals surface area contributed by atoms with E-state index in [1.807, 2.05) is 18.2 Å². The summed E-state index contributed by atoms with van der Waals surface area (Å²) < 4.78 is 5.56. The zero-order chi connectivity index (χ0) is 13.7. The topological polar surface area (TPSA) is 50.4 Å². The summed E-state index contributed by atoms with van der Waals surface area (Å²) in [6.45, 7) is 6.38. The smallest absolute Gasteiger partial charge is 0.255 e. The van der Waals surface area contributed by atoms with E-state index < -0.39 is 0 Å². The van der Waals surface area contributed by atoms with E-state index in [1.165, 1.54) is 0 Å². The van der Waals surface area contributed by atoms with Crippen molar-refractivity contribution in [2.75, 3.05) is 19.7 Å². The molecule has 4 heteroatoms. The van der Waals surface area contributed by atoms with Crippen molar-refractivity contribution < 1.29 is 9.53 Å². The molecule has 0 saturated heterocycles. The first-order valence-corrected chi connectivity index (χ1v) is 7.04. The van der Waals surface area contributed by atoms with Gasteiger partial charge in [0.15, 0.2) is 0 Å². The molecule has 0 spiro atoms. The van der Waals surface area contributed by atoms with Gasteiger partial charge in [0.2, 0.25) is 0 Å². The number of hydrogen-bond acceptors (Lipinski definition) is 3. The highest BCUT2D eigenvalue weighted by Gasteiger charge is 2.18. The molecule has 1 unspecified atom stereocenters. The second-order valence-corrected chi connectivity index (χ2v) is 4.77. The van der Waals surface area contributed by atoms with Crippen molar-refractivity contribution in [3.63, 3.8) is 0 Å². The summed E-state index contributed by atoms with van der Waals surface area (Å²) in [5.74, 6) is 0.642. The number of fused-ring (bicyclic) bond motifs is 1.